The fourth-order valence-corrected chi connectivity index (χ4v) is 3.38. The van der Waals surface area contributed by atoms with E-state index >= 15 is 0 Å². The summed E-state index contributed by atoms with van der Waals surface area (Å²) in [5.41, 5.74) is 6.51. The molecule has 3 heterocycles. The normalized spacial score (nSPS) is 10.5. The van der Waals surface area contributed by atoms with Crippen LogP contribution in [0.3, 0.4) is 0 Å². The van der Waals surface area contributed by atoms with Crippen LogP contribution < -0.4 is 10.6 Å². The molecular formula is C25H22N6O2. The topological polar surface area (TPSA) is 110 Å². The first-order valence-corrected chi connectivity index (χ1v) is 10.3. The second kappa shape index (κ2) is 9.35. The lowest BCUT2D eigenvalue weighted by molar-refractivity contribution is 0.0957. The van der Waals surface area contributed by atoms with Gasteiger partial charge in [0.05, 0.1) is 11.9 Å². The largest absolute Gasteiger partial charge is 0.354 e. The van der Waals surface area contributed by atoms with Crippen molar-refractivity contribution in [2.24, 2.45) is 0 Å². The van der Waals surface area contributed by atoms with Gasteiger partial charge >= 0.3 is 0 Å². The number of aromatic nitrogens is 4. The van der Waals surface area contributed by atoms with E-state index in [0.717, 1.165) is 27.8 Å². The molecule has 0 aliphatic heterocycles. The number of rotatable bonds is 5. The maximum absolute atomic E-state index is 12.6. The molecule has 4 aromatic rings. The Morgan fingerprint density at radius 2 is 1.61 bits per heavy atom. The molecule has 0 atom stereocenters. The Morgan fingerprint density at radius 1 is 0.818 bits per heavy atom. The minimum absolute atomic E-state index is 0.257. The van der Waals surface area contributed by atoms with Crippen LogP contribution in [0.1, 0.15) is 32.1 Å². The molecule has 0 aliphatic rings. The number of carbonyl (C=O) groups excluding carboxylic acids is 2. The molecule has 0 saturated carbocycles. The molecule has 164 valence electrons. The summed E-state index contributed by atoms with van der Waals surface area (Å²) < 4.78 is 0. The van der Waals surface area contributed by atoms with Crippen molar-refractivity contribution in [1.29, 1.82) is 0 Å². The summed E-state index contributed by atoms with van der Waals surface area (Å²) in [6.07, 6.45) is 4.91. The zero-order chi connectivity index (χ0) is 23.4. The van der Waals surface area contributed by atoms with E-state index in [-0.39, 0.29) is 17.5 Å². The first-order chi connectivity index (χ1) is 15.9. The van der Waals surface area contributed by atoms with Crippen LogP contribution in [0.25, 0.3) is 22.4 Å². The van der Waals surface area contributed by atoms with E-state index in [1.54, 1.807) is 37.8 Å². The van der Waals surface area contributed by atoms with E-state index in [1.807, 2.05) is 50.2 Å². The van der Waals surface area contributed by atoms with Gasteiger partial charge in [0.15, 0.2) is 5.69 Å². The van der Waals surface area contributed by atoms with Gasteiger partial charge < -0.3 is 10.6 Å². The molecule has 3 aromatic heterocycles. The van der Waals surface area contributed by atoms with Crippen LogP contribution in [0.2, 0.25) is 0 Å². The highest BCUT2D eigenvalue weighted by atomic mass is 16.2. The van der Waals surface area contributed by atoms with Gasteiger partial charge in [0.25, 0.3) is 11.8 Å². The van der Waals surface area contributed by atoms with Crippen LogP contribution in [0, 0.1) is 13.8 Å². The number of anilines is 1. The maximum Gasteiger partial charge on any atom is 0.276 e. The average molecular weight is 438 g/mol. The number of nitrogens with zero attached hydrogens (tertiary/aromatic N) is 4. The van der Waals surface area contributed by atoms with Crippen molar-refractivity contribution >= 4 is 17.5 Å². The summed E-state index contributed by atoms with van der Waals surface area (Å²) in [4.78, 5) is 33.1. The van der Waals surface area contributed by atoms with Gasteiger partial charge in [0, 0.05) is 30.7 Å². The Balaban J connectivity index is 1.65. The number of hydrogen-bond donors (Lipinski definition) is 2. The molecule has 8 nitrogen and oxygen atoms in total. The third kappa shape index (κ3) is 4.90. The Labute approximate surface area is 191 Å². The van der Waals surface area contributed by atoms with Gasteiger partial charge in [-0.2, -0.15) is 5.10 Å². The predicted molar refractivity (Wildman–Crippen MR) is 126 cm³/mol. The molecule has 0 unspecified atom stereocenters. The molecule has 0 bridgehead atoms. The van der Waals surface area contributed by atoms with Crippen molar-refractivity contribution in [2.45, 2.75) is 13.8 Å². The molecule has 0 fully saturated rings. The monoisotopic (exact) mass is 438 g/mol. The molecule has 0 saturated heterocycles. The lowest BCUT2D eigenvalue weighted by Gasteiger charge is -2.12. The number of carbonyl (C=O) groups is 2. The predicted octanol–water partition coefficient (Wildman–Crippen LogP) is 3.83. The SMILES string of the molecule is CNC(=O)c1cc(-c2cc(-c3cc(NC(=O)c4cc(C)cnn4)ccc3C)ccn2)ccn1. The first-order valence-electron chi connectivity index (χ1n) is 10.3. The van der Waals surface area contributed by atoms with Crippen LogP contribution in [0.4, 0.5) is 5.69 Å². The molecule has 2 N–H and O–H groups in total. The smallest absolute Gasteiger partial charge is 0.276 e. The van der Waals surface area contributed by atoms with Crippen molar-refractivity contribution in [3.63, 3.8) is 0 Å². The van der Waals surface area contributed by atoms with Gasteiger partial charge in [-0.15, -0.1) is 5.10 Å². The lowest BCUT2D eigenvalue weighted by Crippen LogP contribution is -2.19. The van der Waals surface area contributed by atoms with E-state index in [9.17, 15) is 9.59 Å². The van der Waals surface area contributed by atoms with Crippen molar-refractivity contribution in [3.05, 3.63) is 89.6 Å². The summed E-state index contributed by atoms with van der Waals surface area (Å²) in [7, 11) is 1.57. The number of amides is 2. The fourth-order valence-electron chi connectivity index (χ4n) is 3.38. The van der Waals surface area contributed by atoms with Gasteiger partial charge in [-0.25, -0.2) is 0 Å². The zero-order valence-electron chi connectivity index (χ0n) is 18.5. The van der Waals surface area contributed by atoms with Crippen LogP contribution in [-0.2, 0) is 0 Å². The van der Waals surface area contributed by atoms with Gasteiger partial charge in [-0.1, -0.05) is 6.07 Å². The number of pyridine rings is 2. The lowest BCUT2D eigenvalue weighted by atomic mass is 9.98. The van der Waals surface area contributed by atoms with Crippen LogP contribution in [0.5, 0.6) is 0 Å². The van der Waals surface area contributed by atoms with E-state index in [4.69, 9.17) is 0 Å². The third-order valence-electron chi connectivity index (χ3n) is 5.11. The molecule has 0 aliphatic carbocycles. The van der Waals surface area contributed by atoms with Crippen LogP contribution in [0.15, 0.2) is 67.1 Å². The fraction of sp³-hybridized carbons (Fsp3) is 0.120. The van der Waals surface area contributed by atoms with Gasteiger partial charge in [-0.3, -0.25) is 19.6 Å². The Morgan fingerprint density at radius 3 is 2.39 bits per heavy atom. The third-order valence-corrected chi connectivity index (χ3v) is 5.11. The van der Waals surface area contributed by atoms with E-state index in [1.165, 1.54) is 0 Å². The van der Waals surface area contributed by atoms with Gasteiger partial charge in [0.2, 0.25) is 0 Å². The Bertz CT molecular complexity index is 1350. The zero-order valence-corrected chi connectivity index (χ0v) is 18.5. The molecule has 8 heteroatoms. The van der Waals surface area contributed by atoms with Crippen LogP contribution in [-0.4, -0.2) is 39.0 Å². The van der Waals surface area contributed by atoms with Crippen molar-refractivity contribution in [1.82, 2.24) is 25.5 Å². The Hall–Kier alpha value is -4.46. The summed E-state index contributed by atoms with van der Waals surface area (Å²) in [5.74, 6) is -0.583. The van der Waals surface area contributed by atoms with Crippen molar-refractivity contribution in [3.8, 4) is 22.4 Å². The summed E-state index contributed by atoms with van der Waals surface area (Å²) >= 11 is 0. The second-order valence-electron chi connectivity index (χ2n) is 7.54. The van der Waals surface area contributed by atoms with E-state index in [2.05, 4.69) is 30.8 Å². The van der Waals surface area contributed by atoms with E-state index < -0.39 is 0 Å². The van der Waals surface area contributed by atoms with Gasteiger partial charge in [-0.05, 0) is 78.6 Å². The highest BCUT2D eigenvalue weighted by molar-refractivity contribution is 6.03. The van der Waals surface area contributed by atoms with E-state index in [0.29, 0.717) is 17.1 Å². The highest BCUT2D eigenvalue weighted by Gasteiger charge is 2.12. The molecule has 0 radical (unpaired) electrons. The molecule has 2 amide bonds. The highest BCUT2D eigenvalue weighted by Crippen LogP contribution is 2.29. The molecule has 33 heavy (non-hydrogen) atoms. The molecular weight excluding hydrogens is 416 g/mol. The summed E-state index contributed by atoms with van der Waals surface area (Å²) in [6, 6.07) is 14.8. The molecule has 4 rings (SSSR count). The maximum atomic E-state index is 12.6. The van der Waals surface area contributed by atoms with Crippen molar-refractivity contribution < 1.29 is 9.59 Å². The number of nitrogens with one attached hydrogen (secondary N) is 2. The average Bonchev–Trinajstić information content (AvgIpc) is 2.85. The minimum atomic E-state index is -0.324. The summed E-state index contributed by atoms with van der Waals surface area (Å²) in [5, 5.41) is 13.2. The minimum Gasteiger partial charge on any atom is -0.354 e. The standard InChI is InChI=1S/C25H22N6O2/c1-15-10-23(31-29-14-15)25(33)30-19-5-4-16(2)20(13-19)17-6-8-27-21(11-17)18-7-9-28-22(12-18)24(32)26-3/h4-14H,1-3H3,(H,26,32)(H,30,33). The summed E-state index contributed by atoms with van der Waals surface area (Å²) in [6.45, 7) is 3.86. The second-order valence-corrected chi connectivity index (χ2v) is 7.54. The van der Waals surface area contributed by atoms with Crippen LogP contribution >= 0.6 is 0 Å². The number of benzene rings is 1. The quantitative estimate of drug-likeness (QED) is 0.490. The number of aryl methyl sites for hydroxylation is 2. The first kappa shape index (κ1) is 21.8. The van der Waals surface area contributed by atoms with Crippen molar-refractivity contribution in [2.75, 3.05) is 12.4 Å². The number of hydrogen-bond acceptors (Lipinski definition) is 6. The van der Waals surface area contributed by atoms with Gasteiger partial charge in [0.1, 0.15) is 5.69 Å². The molecule has 0 spiro atoms. The Kier molecular flexibility index (Phi) is 6.17. The molecule has 1 aromatic carbocycles.